The van der Waals surface area contributed by atoms with E-state index in [1.165, 1.54) is 0 Å². The molecule has 1 amide bonds. The minimum atomic E-state index is -1.44. The fourth-order valence-electron chi connectivity index (χ4n) is 6.81. The maximum atomic E-state index is 14.6. The van der Waals surface area contributed by atoms with Crippen molar-refractivity contribution in [1.29, 1.82) is 0 Å². The first kappa shape index (κ1) is 32.8. The van der Waals surface area contributed by atoms with Gasteiger partial charge in [0.2, 0.25) is 0 Å². The molecule has 0 bridgehead atoms. The first-order valence-electron chi connectivity index (χ1n) is 16.5. The molecule has 6 nitrogen and oxygen atoms in total. The second-order valence-electron chi connectivity index (χ2n) is 12.4. The molecule has 0 saturated carbocycles. The number of rotatable bonds is 10. The number of aromatic nitrogens is 1. The maximum absolute atomic E-state index is 14.6. The predicted octanol–water partition coefficient (Wildman–Crippen LogP) is 9.03. The van der Waals surface area contributed by atoms with Crippen LogP contribution in [-0.2, 0) is 26.3 Å². The summed E-state index contributed by atoms with van der Waals surface area (Å²) in [7, 11) is 0. The molecule has 1 N–H and O–H groups in total. The van der Waals surface area contributed by atoms with Crippen molar-refractivity contribution in [3.8, 4) is 11.1 Å². The zero-order valence-electron chi connectivity index (χ0n) is 27.5. The van der Waals surface area contributed by atoms with Crippen molar-refractivity contribution in [3.05, 3.63) is 196 Å². The Labute approximate surface area is 296 Å². The highest BCUT2D eigenvalue weighted by atomic mass is 35.5. The van der Waals surface area contributed by atoms with E-state index in [9.17, 15) is 9.59 Å². The Balaban J connectivity index is 1.22. The van der Waals surface area contributed by atoms with Crippen molar-refractivity contribution in [3.63, 3.8) is 0 Å². The van der Waals surface area contributed by atoms with Gasteiger partial charge in [-0.1, -0.05) is 145 Å². The molecule has 1 unspecified atom stereocenters. The van der Waals surface area contributed by atoms with Gasteiger partial charge in [-0.05, 0) is 46.9 Å². The minimum Gasteiger partial charge on any atom is -0.449 e. The van der Waals surface area contributed by atoms with E-state index >= 15 is 0 Å². The van der Waals surface area contributed by atoms with E-state index in [2.05, 4.69) is 34.6 Å². The topological polar surface area (TPSA) is 77.5 Å². The molecule has 0 spiro atoms. The second-order valence-corrected chi connectivity index (χ2v) is 12.8. The van der Waals surface area contributed by atoms with Crippen LogP contribution in [0.2, 0.25) is 5.02 Å². The number of ether oxygens (including phenoxy) is 2. The lowest BCUT2D eigenvalue weighted by Gasteiger charge is -2.37. The summed E-state index contributed by atoms with van der Waals surface area (Å²) in [6, 6.07) is 43.5. The first-order chi connectivity index (χ1) is 24.4. The van der Waals surface area contributed by atoms with Gasteiger partial charge in [-0.3, -0.25) is 4.98 Å². The number of halogens is 1. The van der Waals surface area contributed by atoms with E-state index < -0.39 is 23.7 Å². The number of carbonyl (C=O) groups is 2. The zero-order valence-corrected chi connectivity index (χ0v) is 28.2. The van der Waals surface area contributed by atoms with Gasteiger partial charge in [0.15, 0.2) is 5.60 Å². The van der Waals surface area contributed by atoms with E-state index in [4.69, 9.17) is 21.1 Å². The molecule has 5 aromatic carbocycles. The summed E-state index contributed by atoms with van der Waals surface area (Å²) in [5, 5.41) is 3.27. The predicted molar refractivity (Wildman–Crippen MR) is 195 cm³/mol. The van der Waals surface area contributed by atoms with Crippen LogP contribution in [0.4, 0.5) is 4.79 Å². The summed E-state index contributed by atoms with van der Waals surface area (Å²) in [6.45, 7) is 2.10. The number of nitrogens with one attached hydrogen (secondary N) is 1. The molecule has 1 aliphatic carbocycles. The van der Waals surface area contributed by atoms with Gasteiger partial charge in [0.05, 0.1) is 0 Å². The number of esters is 1. The lowest BCUT2D eigenvalue weighted by Crippen LogP contribution is -2.47. The normalized spacial score (nSPS) is 13.7. The number of carbonyl (C=O) groups excluding carboxylic acids is 2. The van der Waals surface area contributed by atoms with Crippen molar-refractivity contribution in [2.24, 2.45) is 0 Å². The van der Waals surface area contributed by atoms with Crippen LogP contribution in [0.1, 0.15) is 44.9 Å². The van der Waals surface area contributed by atoms with Gasteiger partial charge in [0.1, 0.15) is 12.6 Å². The lowest BCUT2D eigenvalue weighted by atomic mass is 9.79. The molecule has 7 heteroatoms. The molecule has 248 valence electrons. The Morgan fingerprint density at radius 2 is 1.38 bits per heavy atom. The van der Waals surface area contributed by atoms with Gasteiger partial charge < -0.3 is 14.8 Å². The molecule has 50 heavy (non-hydrogen) atoms. The van der Waals surface area contributed by atoms with Crippen molar-refractivity contribution in [2.45, 2.75) is 30.9 Å². The number of benzene rings is 5. The summed E-state index contributed by atoms with van der Waals surface area (Å²) in [4.78, 5) is 32.5. The van der Waals surface area contributed by atoms with Crippen LogP contribution in [0.25, 0.3) is 11.1 Å². The molecule has 7 rings (SSSR count). The Hall–Kier alpha value is -5.72. The van der Waals surface area contributed by atoms with E-state index in [1.807, 2.05) is 110 Å². The quantitative estimate of drug-likeness (QED) is 0.116. The largest absolute Gasteiger partial charge is 0.449 e. The third-order valence-corrected chi connectivity index (χ3v) is 9.56. The Kier molecular flexibility index (Phi) is 9.45. The molecule has 0 fully saturated rings. The van der Waals surface area contributed by atoms with E-state index in [0.717, 1.165) is 33.4 Å². The fraction of sp³-hybridized carbons (Fsp3) is 0.140. The molecule has 2 atom stereocenters. The van der Waals surface area contributed by atoms with Crippen LogP contribution in [0.5, 0.6) is 0 Å². The van der Waals surface area contributed by atoms with Crippen LogP contribution >= 0.6 is 11.6 Å². The van der Waals surface area contributed by atoms with Crippen molar-refractivity contribution in [2.75, 3.05) is 6.61 Å². The molecule has 0 radical (unpaired) electrons. The Morgan fingerprint density at radius 3 is 2.04 bits per heavy atom. The molecule has 6 aromatic rings. The molecule has 0 saturated heterocycles. The van der Waals surface area contributed by atoms with E-state index in [0.29, 0.717) is 21.7 Å². The first-order valence-corrected chi connectivity index (χ1v) is 16.9. The van der Waals surface area contributed by atoms with Gasteiger partial charge in [0.25, 0.3) is 0 Å². The third kappa shape index (κ3) is 6.50. The molecular weight excluding hydrogens is 644 g/mol. The molecule has 1 heterocycles. The van der Waals surface area contributed by atoms with Gasteiger partial charge in [-0.15, -0.1) is 0 Å². The second kappa shape index (κ2) is 14.4. The number of hydrogen-bond donors (Lipinski definition) is 1. The number of aryl methyl sites for hydroxylation is 1. The fourth-order valence-corrected chi connectivity index (χ4v) is 7.08. The summed E-state index contributed by atoms with van der Waals surface area (Å²) in [5.74, 6) is -0.795. The average Bonchev–Trinajstić information content (AvgIpc) is 3.47. The van der Waals surface area contributed by atoms with Gasteiger partial charge in [-0.25, -0.2) is 9.59 Å². The Bertz CT molecular complexity index is 2080. The maximum Gasteiger partial charge on any atom is 0.407 e. The van der Waals surface area contributed by atoms with Gasteiger partial charge in [0, 0.05) is 46.4 Å². The third-order valence-electron chi connectivity index (χ3n) is 9.23. The summed E-state index contributed by atoms with van der Waals surface area (Å²) < 4.78 is 12.6. The lowest BCUT2D eigenvalue weighted by molar-refractivity contribution is -0.156. The monoisotopic (exact) mass is 678 g/mol. The van der Waals surface area contributed by atoms with Gasteiger partial charge in [-0.2, -0.15) is 0 Å². The zero-order chi connectivity index (χ0) is 34.5. The van der Waals surface area contributed by atoms with E-state index in [-0.39, 0.29) is 18.9 Å². The van der Waals surface area contributed by atoms with E-state index in [1.54, 1.807) is 24.5 Å². The van der Waals surface area contributed by atoms with Crippen molar-refractivity contribution < 1.29 is 19.1 Å². The van der Waals surface area contributed by atoms with Crippen LogP contribution in [0, 0.1) is 6.92 Å². The number of fused-ring (bicyclic) bond motifs is 3. The molecule has 1 aromatic heterocycles. The molecule has 1 aliphatic rings. The number of nitrogens with zero attached hydrogens (tertiary/aromatic N) is 1. The standard InChI is InChI=1S/C43H35ClN2O4/c1-29-21-23-32(24-22-29)43(31-13-3-2-4-14-31,38-19-9-10-20-39(38)44)50-41(47)40(26-30-12-11-25-45-27-30)46-42(48)49-28-37-35-17-7-5-15-33(35)34-16-6-8-18-36(34)37/h2-25,27,37,40H,26,28H2,1H3,(H,46,48)/t40-,43?/m0/s1. The smallest absolute Gasteiger partial charge is 0.407 e. The summed E-state index contributed by atoms with van der Waals surface area (Å²) in [6.07, 6.45) is 2.72. The average molecular weight is 679 g/mol. The number of amides is 1. The highest BCUT2D eigenvalue weighted by Crippen LogP contribution is 2.45. The highest BCUT2D eigenvalue weighted by Gasteiger charge is 2.44. The van der Waals surface area contributed by atoms with Crippen molar-refractivity contribution >= 4 is 23.7 Å². The number of alkyl carbamates (subject to hydrolysis) is 1. The number of pyridine rings is 1. The Morgan fingerprint density at radius 1 is 0.760 bits per heavy atom. The summed E-state index contributed by atoms with van der Waals surface area (Å²) in [5.41, 5.74) is 6.79. The molecule has 0 aliphatic heterocycles. The van der Waals surface area contributed by atoms with Crippen molar-refractivity contribution in [1.82, 2.24) is 10.3 Å². The SMILES string of the molecule is Cc1ccc(C(OC(=O)[C@H](Cc2cccnc2)NC(=O)OCC2c3ccccc3-c3ccccc32)(c2ccccc2)c2ccccc2Cl)cc1. The van der Waals surface area contributed by atoms with Crippen LogP contribution in [0.3, 0.4) is 0 Å². The van der Waals surface area contributed by atoms with Crippen LogP contribution in [0.15, 0.2) is 152 Å². The highest BCUT2D eigenvalue weighted by molar-refractivity contribution is 6.31. The van der Waals surface area contributed by atoms with Crippen LogP contribution in [-0.4, -0.2) is 29.7 Å². The minimum absolute atomic E-state index is 0.103. The van der Waals surface area contributed by atoms with Crippen LogP contribution < -0.4 is 5.32 Å². The summed E-state index contributed by atoms with van der Waals surface area (Å²) >= 11 is 6.90. The molecular formula is C43H35ClN2O4. The number of hydrogen-bond acceptors (Lipinski definition) is 5. The van der Waals surface area contributed by atoms with Gasteiger partial charge >= 0.3 is 12.1 Å².